The molecule has 0 unspecified atom stereocenters. The first kappa shape index (κ1) is 22.6. The van der Waals surface area contributed by atoms with Crippen LogP contribution in [0, 0.1) is 17.1 Å². The van der Waals surface area contributed by atoms with Crippen LogP contribution >= 0.6 is 0 Å². The quantitative estimate of drug-likeness (QED) is 0.481. The minimum atomic E-state index is -4.92. The largest absolute Gasteiger partial charge is 0.507 e. The van der Waals surface area contributed by atoms with Crippen LogP contribution in [0.2, 0.25) is 0 Å². The second-order valence-electron chi connectivity index (χ2n) is 6.71. The van der Waals surface area contributed by atoms with Gasteiger partial charge in [-0.05, 0) is 30.3 Å². The van der Waals surface area contributed by atoms with Crippen LogP contribution in [0.15, 0.2) is 54.7 Å². The Labute approximate surface area is 187 Å². The number of ether oxygens (including phenoxy) is 3. The van der Waals surface area contributed by atoms with Gasteiger partial charge in [0.15, 0.2) is 11.5 Å². The van der Waals surface area contributed by atoms with Crippen molar-refractivity contribution in [3.63, 3.8) is 0 Å². The van der Waals surface area contributed by atoms with E-state index in [-0.39, 0.29) is 28.6 Å². The third-order valence-electron chi connectivity index (χ3n) is 4.29. The zero-order chi connectivity index (χ0) is 24.5. The summed E-state index contributed by atoms with van der Waals surface area (Å²) in [5.74, 6) is -1.93. The number of urea groups is 1. The van der Waals surface area contributed by atoms with E-state index in [4.69, 9.17) is 10.00 Å². The number of nitrogens with zero attached hydrogens (tertiary/aromatic N) is 2. The van der Waals surface area contributed by atoms with Gasteiger partial charge in [-0.15, -0.1) is 0 Å². The fourth-order valence-electron chi connectivity index (χ4n) is 2.76. The lowest BCUT2D eigenvalue weighted by atomic mass is 10.2. The summed E-state index contributed by atoms with van der Waals surface area (Å²) in [7, 11) is 0. The average Bonchev–Trinajstić information content (AvgIpc) is 2.76. The first-order valence-electron chi connectivity index (χ1n) is 9.25. The molecule has 0 bridgehead atoms. The van der Waals surface area contributed by atoms with E-state index in [2.05, 4.69) is 25.1 Å². The van der Waals surface area contributed by atoms with E-state index >= 15 is 0 Å². The summed E-state index contributed by atoms with van der Waals surface area (Å²) in [5.41, 5.74) is -0.266. The molecule has 1 aliphatic rings. The Morgan fingerprint density at radius 2 is 1.65 bits per heavy atom. The van der Waals surface area contributed by atoms with Crippen molar-refractivity contribution < 1.29 is 41.0 Å². The van der Waals surface area contributed by atoms with Gasteiger partial charge < -0.3 is 24.8 Å². The Kier molecular flexibility index (Phi) is 5.58. The SMILES string of the molecule is N#Cc1cc(Oc2ccc(NC(=O)Nc3ccc4c(c3)OC(F)(F)C(F)(F)O4)c(F)c2)ccn1. The maximum atomic E-state index is 14.4. The normalized spacial score (nSPS) is 15.1. The Morgan fingerprint density at radius 3 is 2.35 bits per heavy atom. The van der Waals surface area contributed by atoms with Crippen LogP contribution in [0.25, 0.3) is 0 Å². The number of fused-ring (bicyclic) bond motifs is 1. The maximum Gasteiger partial charge on any atom is 0.507 e. The summed E-state index contributed by atoms with van der Waals surface area (Å²) in [6, 6.07) is 10.0. The smallest absolute Gasteiger partial charge is 0.457 e. The van der Waals surface area contributed by atoms with E-state index in [0.717, 1.165) is 24.3 Å². The number of benzene rings is 2. The highest BCUT2D eigenvalue weighted by atomic mass is 19.3. The summed E-state index contributed by atoms with van der Waals surface area (Å²) < 4.78 is 80.9. The van der Waals surface area contributed by atoms with E-state index < -0.39 is 35.6 Å². The molecule has 4 rings (SSSR count). The van der Waals surface area contributed by atoms with Crippen molar-refractivity contribution in [2.45, 2.75) is 12.2 Å². The molecule has 0 radical (unpaired) electrons. The second-order valence-corrected chi connectivity index (χ2v) is 6.71. The van der Waals surface area contributed by atoms with Crippen LogP contribution in [0.3, 0.4) is 0 Å². The molecule has 2 amide bonds. The van der Waals surface area contributed by atoms with E-state index in [9.17, 15) is 26.7 Å². The minimum Gasteiger partial charge on any atom is -0.457 e. The molecule has 2 N–H and O–H groups in total. The van der Waals surface area contributed by atoms with Gasteiger partial charge in [0.25, 0.3) is 0 Å². The van der Waals surface area contributed by atoms with E-state index in [1.54, 1.807) is 0 Å². The molecule has 8 nitrogen and oxygen atoms in total. The third kappa shape index (κ3) is 4.60. The molecule has 0 saturated carbocycles. The molecule has 0 aliphatic carbocycles. The summed E-state index contributed by atoms with van der Waals surface area (Å²) in [6.45, 7) is 0. The monoisotopic (exact) mass is 478 g/mol. The number of nitriles is 1. The molecule has 13 heteroatoms. The summed E-state index contributed by atoms with van der Waals surface area (Å²) in [4.78, 5) is 16.0. The average molecular weight is 478 g/mol. The van der Waals surface area contributed by atoms with Gasteiger partial charge in [-0.3, -0.25) is 0 Å². The van der Waals surface area contributed by atoms with Crippen LogP contribution in [0.4, 0.5) is 38.1 Å². The van der Waals surface area contributed by atoms with E-state index in [1.165, 1.54) is 30.5 Å². The van der Waals surface area contributed by atoms with Crippen LogP contribution < -0.4 is 24.8 Å². The van der Waals surface area contributed by atoms with Crippen LogP contribution in [-0.4, -0.2) is 23.2 Å². The number of alkyl halides is 4. The fourth-order valence-corrected chi connectivity index (χ4v) is 2.76. The number of amides is 2. The lowest BCUT2D eigenvalue weighted by molar-refractivity contribution is -0.391. The number of halogens is 5. The lowest BCUT2D eigenvalue weighted by Gasteiger charge is -2.31. The summed E-state index contributed by atoms with van der Waals surface area (Å²) in [5, 5.41) is 13.3. The molecule has 0 fully saturated rings. The zero-order valence-electron chi connectivity index (χ0n) is 16.6. The van der Waals surface area contributed by atoms with Gasteiger partial charge in [0.05, 0.1) is 5.69 Å². The predicted molar refractivity (Wildman–Crippen MR) is 106 cm³/mol. The zero-order valence-corrected chi connectivity index (χ0v) is 16.6. The number of carbonyl (C=O) groups excluding carboxylic acids is 1. The van der Waals surface area contributed by atoms with Crippen molar-refractivity contribution in [2.24, 2.45) is 0 Å². The van der Waals surface area contributed by atoms with E-state index in [1.807, 2.05) is 6.07 Å². The molecule has 1 aromatic heterocycles. The van der Waals surface area contributed by atoms with Gasteiger partial charge in [-0.2, -0.15) is 22.8 Å². The number of aromatic nitrogens is 1. The molecule has 2 heterocycles. The molecule has 34 heavy (non-hydrogen) atoms. The minimum absolute atomic E-state index is 0.0723. The molecular weight excluding hydrogens is 467 g/mol. The van der Waals surface area contributed by atoms with Crippen molar-refractivity contribution in [3.05, 3.63) is 66.2 Å². The van der Waals surface area contributed by atoms with Gasteiger partial charge in [0.1, 0.15) is 29.1 Å². The number of anilines is 2. The van der Waals surface area contributed by atoms with Gasteiger partial charge >= 0.3 is 18.2 Å². The first-order chi connectivity index (χ1) is 16.1. The Bertz CT molecular complexity index is 1310. The highest BCUT2D eigenvalue weighted by Gasteiger charge is 2.65. The number of pyridine rings is 1. The van der Waals surface area contributed by atoms with Crippen molar-refractivity contribution in [1.29, 1.82) is 5.26 Å². The number of rotatable bonds is 4. The highest BCUT2D eigenvalue weighted by molar-refractivity contribution is 6.00. The molecule has 3 aromatic rings. The molecule has 2 aromatic carbocycles. The van der Waals surface area contributed by atoms with Crippen LogP contribution in [-0.2, 0) is 0 Å². The van der Waals surface area contributed by atoms with Gasteiger partial charge in [-0.1, -0.05) is 0 Å². The maximum absolute atomic E-state index is 14.4. The highest BCUT2D eigenvalue weighted by Crippen LogP contribution is 2.47. The predicted octanol–water partition coefficient (Wildman–Crippen LogP) is 5.49. The standard InChI is InChI=1S/C21H11F5N4O4/c22-15-9-13(32-14-5-6-28-12(7-14)10-27)2-3-16(15)30-19(31)29-11-1-4-17-18(8-11)34-21(25,26)20(23,24)33-17/h1-9H,(H2,29,30,31). The lowest BCUT2D eigenvalue weighted by Crippen LogP contribution is -2.52. The van der Waals surface area contributed by atoms with Gasteiger partial charge in [0.2, 0.25) is 0 Å². The Morgan fingerprint density at radius 1 is 0.941 bits per heavy atom. The Balaban J connectivity index is 1.42. The van der Waals surface area contributed by atoms with Crippen LogP contribution in [0.5, 0.6) is 23.0 Å². The number of hydrogen-bond donors (Lipinski definition) is 2. The van der Waals surface area contributed by atoms with E-state index in [0.29, 0.717) is 0 Å². The summed E-state index contributed by atoms with van der Waals surface area (Å²) >= 11 is 0. The van der Waals surface area contributed by atoms with Gasteiger partial charge in [0, 0.05) is 30.1 Å². The molecule has 0 saturated heterocycles. The third-order valence-corrected chi connectivity index (χ3v) is 4.29. The number of hydrogen-bond acceptors (Lipinski definition) is 6. The topological polar surface area (TPSA) is 106 Å². The number of nitrogens with one attached hydrogen (secondary N) is 2. The van der Waals surface area contributed by atoms with Crippen molar-refractivity contribution in [2.75, 3.05) is 10.6 Å². The Hall–Kier alpha value is -4.60. The van der Waals surface area contributed by atoms with Crippen molar-refractivity contribution in [1.82, 2.24) is 4.98 Å². The number of carbonyl (C=O) groups is 1. The molecule has 1 aliphatic heterocycles. The molecule has 0 spiro atoms. The van der Waals surface area contributed by atoms with Crippen molar-refractivity contribution in [3.8, 4) is 29.1 Å². The first-order valence-corrected chi connectivity index (χ1v) is 9.25. The van der Waals surface area contributed by atoms with Crippen LogP contribution in [0.1, 0.15) is 5.69 Å². The molecule has 174 valence electrons. The van der Waals surface area contributed by atoms with Gasteiger partial charge in [-0.25, -0.2) is 14.2 Å². The summed E-state index contributed by atoms with van der Waals surface area (Å²) in [6.07, 6.45) is -8.44. The second kappa shape index (κ2) is 8.39. The van der Waals surface area contributed by atoms with Crippen molar-refractivity contribution >= 4 is 17.4 Å². The fraction of sp³-hybridized carbons (Fsp3) is 0.0952. The molecular formula is C21H11F5N4O4. The molecule has 0 atom stereocenters.